The molecule has 2 aromatic carbocycles. The Kier molecular flexibility index (Phi) is 4.29. The van der Waals surface area contributed by atoms with Crippen LogP contribution >= 0.6 is 0 Å². The van der Waals surface area contributed by atoms with Crippen molar-refractivity contribution in [2.24, 2.45) is 0 Å². The maximum atomic E-state index is 12.1. The van der Waals surface area contributed by atoms with Crippen LogP contribution in [0.2, 0.25) is 0 Å². The number of benzene rings is 2. The van der Waals surface area contributed by atoms with E-state index in [2.05, 4.69) is 10.3 Å². The zero-order chi connectivity index (χ0) is 17.9. The molecule has 0 bridgehead atoms. The van der Waals surface area contributed by atoms with Gasteiger partial charge in [0, 0.05) is 16.5 Å². The molecule has 2 heterocycles. The highest BCUT2D eigenvalue weighted by Crippen LogP contribution is 2.35. The van der Waals surface area contributed by atoms with Crippen molar-refractivity contribution in [3.8, 4) is 11.3 Å². The van der Waals surface area contributed by atoms with Gasteiger partial charge in [-0.3, -0.25) is 10.1 Å². The monoisotopic (exact) mass is 346 g/mol. The van der Waals surface area contributed by atoms with E-state index in [9.17, 15) is 9.90 Å². The summed E-state index contributed by atoms with van der Waals surface area (Å²) in [6.07, 6.45) is 1.58. The van der Waals surface area contributed by atoms with Crippen molar-refractivity contribution in [2.45, 2.75) is 12.6 Å². The fraction of sp³-hybridized carbons (Fsp3) is 0.0952. The van der Waals surface area contributed by atoms with Crippen molar-refractivity contribution in [1.82, 2.24) is 10.3 Å². The predicted octanol–water partition coefficient (Wildman–Crippen LogP) is 4.34. The lowest BCUT2D eigenvalue weighted by molar-refractivity contribution is -0.139. The summed E-state index contributed by atoms with van der Waals surface area (Å²) in [7, 11) is 0. The minimum absolute atomic E-state index is 0.331. The van der Waals surface area contributed by atoms with Crippen molar-refractivity contribution in [3.05, 3.63) is 84.3 Å². The van der Waals surface area contributed by atoms with Gasteiger partial charge in [-0.05, 0) is 23.8 Å². The molecule has 26 heavy (non-hydrogen) atoms. The molecule has 0 spiro atoms. The van der Waals surface area contributed by atoms with E-state index >= 15 is 0 Å². The Bertz CT molecular complexity index is 1020. The summed E-state index contributed by atoms with van der Waals surface area (Å²) in [4.78, 5) is 15.5. The van der Waals surface area contributed by atoms with Crippen molar-refractivity contribution < 1.29 is 14.3 Å². The van der Waals surface area contributed by atoms with Gasteiger partial charge in [0.05, 0.1) is 18.5 Å². The average Bonchev–Trinajstić information content (AvgIpc) is 3.31. The molecule has 0 saturated carbocycles. The second-order valence-corrected chi connectivity index (χ2v) is 6.06. The molecule has 0 unspecified atom stereocenters. The largest absolute Gasteiger partial charge is 0.480 e. The number of hydrogen-bond acceptors (Lipinski definition) is 3. The Balaban J connectivity index is 1.82. The second kappa shape index (κ2) is 6.90. The number of aromatic amines is 1. The van der Waals surface area contributed by atoms with Crippen molar-refractivity contribution in [1.29, 1.82) is 0 Å². The van der Waals surface area contributed by atoms with Gasteiger partial charge in [-0.1, -0.05) is 48.5 Å². The quantitative estimate of drug-likeness (QED) is 0.485. The number of H-pyrrole nitrogens is 1. The van der Waals surface area contributed by atoms with Crippen LogP contribution in [0.15, 0.2) is 77.4 Å². The lowest BCUT2D eigenvalue weighted by Crippen LogP contribution is -2.28. The zero-order valence-electron chi connectivity index (χ0n) is 14.0. The third-order valence-corrected chi connectivity index (χ3v) is 4.40. The van der Waals surface area contributed by atoms with E-state index in [0.717, 1.165) is 27.7 Å². The van der Waals surface area contributed by atoms with E-state index in [1.807, 2.05) is 60.7 Å². The molecule has 0 saturated heterocycles. The molecule has 1 atom stereocenters. The summed E-state index contributed by atoms with van der Waals surface area (Å²) in [6, 6.07) is 20.2. The maximum absolute atomic E-state index is 12.1. The van der Waals surface area contributed by atoms with Gasteiger partial charge < -0.3 is 14.5 Å². The van der Waals surface area contributed by atoms with Crippen LogP contribution in [0, 0.1) is 0 Å². The molecular formula is C21H18N2O3. The van der Waals surface area contributed by atoms with Gasteiger partial charge in [0.15, 0.2) is 0 Å². The van der Waals surface area contributed by atoms with Crippen LogP contribution in [-0.4, -0.2) is 16.1 Å². The summed E-state index contributed by atoms with van der Waals surface area (Å²) >= 11 is 0. The van der Waals surface area contributed by atoms with Crippen LogP contribution in [-0.2, 0) is 11.3 Å². The highest BCUT2D eigenvalue weighted by molar-refractivity contribution is 5.95. The van der Waals surface area contributed by atoms with Gasteiger partial charge in [-0.15, -0.1) is 0 Å². The minimum atomic E-state index is -0.932. The summed E-state index contributed by atoms with van der Waals surface area (Å²) in [5.74, 6) is -0.240. The third-order valence-electron chi connectivity index (χ3n) is 4.40. The molecule has 5 nitrogen and oxygen atoms in total. The number of hydrogen-bond donors (Lipinski definition) is 3. The van der Waals surface area contributed by atoms with E-state index in [1.54, 1.807) is 12.3 Å². The number of carbonyl (C=O) groups is 1. The van der Waals surface area contributed by atoms with Crippen LogP contribution in [0.5, 0.6) is 0 Å². The van der Waals surface area contributed by atoms with Crippen molar-refractivity contribution in [3.63, 3.8) is 0 Å². The van der Waals surface area contributed by atoms with Crippen LogP contribution in [0.1, 0.15) is 17.4 Å². The van der Waals surface area contributed by atoms with E-state index in [1.165, 1.54) is 0 Å². The zero-order valence-corrected chi connectivity index (χ0v) is 14.0. The summed E-state index contributed by atoms with van der Waals surface area (Å²) in [6.45, 7) is 0.331. The van der Waals surface area contributed by atoms with E-state index in [0.29, 0.717) is 12.3 Å². The van der Waals surface area contributed by atoms with Gasteiger partial charge in [0.2, 0.25) is 0 Å². The third kappa shape index (κ3) is 3.00. The first kappa shape index (κ1) is 16.2. The molecule has 0 aliphatic heterocycles. The highest BCUT2D eigenvalue weighted by atomic mass is 16.4. The number of carboxylic acids is 1. The standard InChI is InChI=1S/C21H18N2O3/c24-21(25)20(22-13-15-9-6-12-26-15)18-16-10-4-5-11-17(16)23-19(18)14-7-2-1-3-8-14/h1-12,20,22-23H,13H2,(H,24,25)/t20-/m1/s1. The summed E-state index contributed by atoms with van der Waals surface area (Å²) in [5.41, 5.74) is 3.40. The molecule has 4 rings (SSSR count). The number of carboxylic acid groups (broad SMARTS) is 1. The molecule has 0 aliphatic carbocycles. The lowest BCUT2D eigenvalue weighted by Gasteiger charge is -2.16. The summed E-state index contributed by atoms with van der Waals surface area (Å²) < 4.78 is 5.32. The van der Waals surface area contributed by atoms with Crippen molar-refractivity contribution >= 4 is 16.9 Å². The fourth-order valence-corrected chi connectivity index (χ4v) is 3.22. The van der Waals surface area contributed by atoms with E-state index in [-0.39, 0.29) is 0 Å². The first-order valence-electron chi connectivity index (χ1n) is 8.38. The van der Waals surface area contributed by atoms with Crippen LogP contribution in [0.4, 0.5) is 0 Å². The first-order valence-corrected chi connectivity index (χ1v) is 8.38. The normalized spacial score (nSPS) is 12.3. The smallest absolute Gasteiger partial charge is 0.325 e. The molecule has 0 aliphatic rings. The molecule has 4 aromatic rings. The van der Waals surface area contributed by atoms with Gasteiger partial charge in [-0.25, -0.2) is 0 Å². The number of nitrogens with one attached hydrogen (secondary N) is 2. The van der Waals surface area contributed by atoms with E-state index < -0.39 is 12.0 Å². The average molecular weight is 346 g/mol. The Morgan fingerprint density at radius 2 is 1.81 bits per heavy atom. The first-order chi connectivity index (χ1) is 12.7. The Morgan fingerprint density at radius 3 is 2.54 bits per heavy atom. The Morgan fingerprint density at radius 1 is 1.04 bits per heavy atom. The Hall–Kier alpha value is -3.31. The molecular weight excluding hydrogens is 328 g/mol. The van der Waals surface area contributed by atoms with Crippen LogP contribution in [0.3, 0.4) is 0 Å². The molecule has 3 N–H and O–H groups in total. The van der Waals surface area contributed by atoms with Crippen LogP contribution < -0.4 is 5.32 Å². The summed E-state index contributed by atoms with van der Waals surface area (Å²) in [5, 5.41) is 13.9. The number of aromatic nitrogens is 1. The van der Waals surface area contributed by atoms with Gasteiger partial charge in [-0.2, -0.15) is 0 Å². The fourth-order valence-electron chi connectivity index (χ4n) is 3.22. The highest BCUT2D eigenvalue weighted by Gasteiger charge is 2.27. The molecule has 130 valence electrons. The predicted molar refractivity (Wildman–Crippen MR) is 99.7 cm³/mol. The second-order valence-electron chi connectivity index (χ2n) is 6.06. The number of para-hydroxylation sites is 1. The van der Waals surface area contributed by atoms with Crippen molar-refractivity contribution in [2.75, 3.05) is 0 Å². The molecule has 0 fully saturated rings. The topological polar surface area (TPSA) is 78.3 Å². The van der Waals surface area contributed by atoms with Gasteiger partial charge in [0.1, 0.15) is 11.8 Å². The van der Waals surface area contributed by atoms with E-state index in [4.69, 9.17) is 4.42 Å². The SMILES string of the molecule is O=C(O)[C@H](NCc1ccco1)c1c(-c2ccccc2)[nH]c2ccccc12. The molecule has 2 aromatic heterocycles. The van der Waals surface area contributed by atoms with Gasteiger partial charge in [0.25, 0.3) is 0 Å². The Labute approximate surface area is 150 Å². The number of rotatable bonds is 6. The number of furan rings is 1. The van der Waals surface area contributed by atoms with Crippen LogP contribution in [0.25, 0.3) is 22.2 Å². The molecule has 0 amide bonds. The van der Waals surface area contributed by atoms with Gasteiger partial charge >= 0.3 is 5.97 Å². The molecule has 5 heteroatoms. The maximum Gasteiger partial charge on any atom is 0.325 e. The number of aliphatic carboxylic acids is 1. The minimum Gasteiger partial charge on any atom is -0.480 e. The lowest BCUT2D eigenvalue weighted by atomic mass is 9.98. The molecule has 0 radical (unpaired) electrons. The number of fused-ring (bicyclic) bond motifs is 1.